The fourth-order valence-electron chi connectivity index (χ4n) is 5.22. The molecule has 180 valence electrons. The monoisotopic (exact) mass is 576 g/mol. The summed E-state index contributed by atoms with van der Waals surface area (Å²) in [5.41, 5.74) is 5.76. The van der Waals surface area contributed by atoms with Gasteiger partial charge in [0, 0.05) is 18.5 Å². The lowest BCUT2D eigenvalue weighted by atomic mass is 9.89. The Labute approximate surface area is 232 Å². The summed E-state index contributed by atoms with van der Waals surface area (Å²) >= 11 is 7.77. The van der Waals surface area contributed by atoms with E-state index < -0.39 is 15.8 Å². The van der Waals surface area contributed by atoms with E-state index in [0.717, 1.165) is 6.42 Å². The Balaban J connectivity index is 1.75. The van der Waals surface area contributed by atoms with Gasteiger partial charge in [-0.15, -0.1) is 45.3 Å². The summed E-state index contributed by atoms with van der Waals surface area (Å²) in [7, 11) is -1.32. The fraction of sp³-hybridized carbons (Fsp3) is 0.133. The Bertz CT molecular complexity index is 1330. The quantitative estimate of drug-likeness (QED) is 0.170. The number of rotatable bonds is 7. The van der Waals surface area contributed by atoms with Crippen LogP contribution in [0.25, 0.3) is 5.57 Å². The minimum atomic E-state index is -0.660. The lowest BCUT2D eigenvalue weighted by molar-refractivity contribution is 0.974. The van der Waals surface area contributed by atoms with Gasteiger partial charge in [0.1, 0.15) is 0 Å². The topological polar surface area (TPSA) is 0 Å². The normalized spacial score (nSPS) is 15.3. The lowest BCUT2D eigenvalue weighted by Gasteiger charge is -2.49. The molecule has 1 aliphatic rings. The molecule has 0 bridgehead atoms. The van der Waals surface area contributed by atoms with Crippen molar-refractivity contribution >= 4 is 85.2 Å². The second-order valence-corrected chi connectivity index (χ2v) is 18.9. The summed E-state index contributed by atoms with van der Waals surface area (Å²) in [5.74, 6) is 0. The van der Waals surface area contributed by atoms with Gasteiger partial charge in [0.05, 0.1) is 4.90 Å². The van der Waals surface area contributed by atoms with Gasteiger partial charge in [-0.2, -0.15) is 0 Å². The van der Waals surface area contributed by atoms with E-state index in [4.69, 9.17) is 0 Å². The van der Waals surface area contributed by atoms with Gasteiger partial charge in [-0.05, 0) is 104 Å². The smallest absolute Gasteiger partial charge is 0.0588 e. The number of thiophene rings is 4. The number of aryl methyl sites for hydroxylation is 1. The predicted molar refractivity (Wildman–Crippen MR) is 170 cm³/mol. The Morgan fingerprint density at radius 1 is 0.611 bits per heavy atom. The molecule has 1 aromatic carbocycles. The zero-order valence-corrected chi connectivity index (χ0v) is 25.2. The second kappa shape index (κ2) is 10.6. The highest BCUT2D eigenvalue weighted by Gasteiger charge is 2.53. The molecule has 0 amide bonds. The van der Waals surface area contributed by atoms with E-state index in [1.165, 1.54) is 35.2 Å². The molecule has 36 heavy (non-hydrogen) atoms. The summed E-state index contributed by atoms with van der Waals surface area (Å²) in [6.45, 7) is 4.63. The molecule has 1 aliphatic carbocycles. The second-order valence-electron chi connectivity index (χ2n) is 8.77. The molecular formula is C30H26P2S4. The molecule has 6 rings (SSSR count). The predicted octanol–water partition coefficient (Wildman–Crippen LogP) is 8.94. The van der Waals surface area contributed by atoms with Crippen molar-refractivity contribution in [1.82, 2.24) is 0 Å². The maximum absolute atomic E-state index is 2.48. The van der Waals surface area contributed by atoms with E-state index in [-0.39, 0.29) is 4.90 Å². The van der Waals surface area contributed by atoms with Gasteiger partial charge in [-0.1, -0.05) is 60.7 Å². The highest BCUT2D eigenvalue weighted by molar-refractivity contribution is 7.98. The summed E-state index contributed by atoms with van der Waals surface area (Å²) in [5, 5.41) is 9.08. The molecule has 0 radical (unpaired) electrons. The number of hydrogen-bond donors (Lipinski definition) is 0. The summed E-state index contributed by atoms with van der Waals surface area (Å²) in [6, 6.07) is 27.7. The molecule has 0 fully saturated rings. The Hall–Kier alpha value is -1.64. The number of benzene rings is 1. The minimum Gasteiger partial charge on any atom is -0.144 e. The first kappa shape index (κ1) is 24.7. The van der Waals surface area contributed by atoms with E-state index in [2.05, 4.69) is 120 Å². The van der Waals surface area contributed by atoms with E-state index in [0.29, 0.717) is 0 Å². The van der Waals surface area contributed by atoms with Gasteiger partial charge in [0.25, 0.3) is 0 Å². The van der Waals surface area contributed by atoms with Crippen LogP contribution in [0.4, 0.5) is 0 Å². The van der Waals surface area contributed by atoms with Crippen LogP contribution in [0.15, 0.2) is 112 Å². The van der Waals surface area contributed by atoms with Crippen molar-refractivity contribution in [3.8, 4) is 0 Å². The molecule has 5 aromatic rings. The van der Waals surface area contributed by atoms with Crippen LogP contribution in [0.1, 0.15) is 24.5 Å². The first-order chi connectivity index (χ1) is 17.7. The molecule has 0 saturated carbocycles. The highest BCUT2D eigenvalue weighted by atomic mass is 32.1. The largest absolute Gasteiger partial charge is 0.144 e. The maximum Gasteiger partial charge on any atom is 0.0588 e. The molecule has 0 N–H and O–H groups in total. The maximum atomic E-state index is 2.48. The van der Waals surface area contributed by atoms with Crippen molar-refractivity contribution in [3.05, 3.63) is 123 Å². The molecule has 4 heterocycles. The molecule has 6 heteroatoms. The van der Waals surface area contributed by atoms with Crippen LogP contribution in [-0.4, -0.2) is 4.90 Å². The van der Waals surface area contributed by atoms with Gasteiger partial charge in [0.2, 0.25) is 0 Å². The van der Waals surface area contributed by atoms with Crippen LogP contribution in [0, 0.1) is 6.92 Å². The van der Waals surface area contributed by atoms with Crippen LogP contribution >= 0.6 is 61.2 Å². The molecule has 0 nitrogen and oxygen atoms in total. The standard InChI is InChI=1S/C30H26P2S4/c1-22-10-3-4-12-24(22)29-23(2)11-5-17-30(29,31(25-13-6-18-33-25)26-14-7-19-34-26)32(27-15-8-20-35-27)28-16-9-21-36-28/h3-16,18-21H,17H2,1-2H3. The zero-order valence-electron chi connectivity index (χ0n) is 20.1. The fourth-order valence-corrected chi connectivity index (χ4v) is 20.2. The molecule has 0 aliphatic heterocycles. The SMILES string of the molecule is CC1=C(c2ccccc2C)C(P(c2cccs2)c2cccs2)(P(c2cccs2)c2cccs2)CC=C1. The van der Waals surface area contributed by atoms with E-state index in [1.54, 1.807) is 5.57 Å². The van der Waals surface area contributed by atoms with Crippen molar-refractivity contribution in [2.45, 2.75) is 25.2 Å². The van der Waals surface area contributed by atoms with E-state index >= 15 is 0 Å². The van der Waals surface area contributed by atoms with Crippen LogP contribution in [0.3, 0.4) is 0 Å². The third kappa shape index (κ3) is 4.27. The van der Waals surface area contributed by atoms with Gasteiger partial charge in [-0.25, -0.2) is 0 Å². The van der Waals surface area contributed by atoms with Gasteiger partial charge in [-0.3, -0.25) is 0 Å². The van der Waals surface area contributed by atoms with E-state index in [9.17, 15) is 0 Å². The van der Waals surface area contributed by atoms with Crippen molar-refractivity contribution in [3.63, 3.8) is 0 Å². The van der Waals surface area contributed by atoms with Crippen molar-refractivity contribution in [2.75, 3.05) is 0 Å². The average molecular weight is 577 g/mol. The minimum absolute atomic E-state index is 0.0406. The van der Waals surface area contributed by atoms with Crippen molar-refractivity contribution in [1.29, 1.82) is 0 Å². The Morgan fingerprint density at radius 2 is 1.08 bits per heavy atom. The molecule has 0 atom stereocenters. The first-order valence-corrected chi connectivity index (χ1v) is 18.1. The van der Waals surface area contributed by atoms with Crippen LogP contribution in [0.5, 0.6) is 0 Å². The first-order valence-electron chi connectivity index (χ1n) is 11.9. The third-order valence-electron chi connectivity index (χ3n) is 6.63. The van der Waals surface area contributed by atoms with Crippen molar-refractivity contribution < 1.29 is 0 Å². The van der Waals surface area contributed by atoms with Crippen LogP contribution in [-0.2, 0) is 0 Å². The summed E-state index contributed by atoms with van der Waals surface area (Å²) in [6.07, 6.45) is 5.91. The summed E-state index contributed by atoms with van der Waals surface area (Å²) < 4.78 is 6.12. The van der Waals surface area contributed by atoms with Gasteiger partial charge in [0.15, 0.2) is 0 Å². The van der Waals surface area contributed by atoms with Gasteiger partial charge >= 0.3 is 0 Å². The third-order valence-corrected chi connectivity index (χ3v) is 18.6. The zero-order chi connectivity index (χ0) is 24.5. The number of hydrogen-bond acceptors (Lipinski definition) is 4. The average Bonchev–Trinajstić information content (AvgIpc) is 3.70. The molecular weight excluding hydrogens is 551 g/mol. The Kier molecular flexibility index (Phi) is 7.28. The Morgan fingerprint density at radius 3 is 1.50 bits per heavy atom. The lowest BCUT2D eigenvalue weighted by Crippen LogP contribution is -2.39. The number of allylic oxidation sites excluding steroid dienone is 4. The molecule has 0 unspecified atom stereocenters. The van der Waals surface area contributed by atoms with Gasteiger partial charge < -0.3 is 0 Å². The molecule has 4 aromatic heterocycles. The summed E-state index contributed by atoms with van der Waals surface area (Å²) in [4.78, 5) is -0.0406. The van der Waals surface area contributed by atoms with Crippen LogP contribution in [0.2, 0.25) is 0 Å². The van der Waals surface area contributed by atoms with Crippen LogP contribution < -0.4 is 18.5 Å². The van der Waals surface area contributed by atoms with E-state index in [1.807, 2.05) is 45.3 Å². The highest BCUT2D eigenvalue weighted by Crippen LogP contribution is 2.74. The molecule has 0 spiro atoms. The van der Waals surface area contributed by atoms with Crippen molar-refractivity contribution in [2.24, 2.45) is 0 Å². The molecule has 0 saturated heterocycles.